The Hall–Kier alpha value is -0.970. The first-order valence-electron chi connectivity index (χ1n) is 5.26. The number of hydrogen-bond acceptors (Lipinski definition) is 3. The molecule has 4 heteroatoms. The van der Waals surface area contributed by atoms with Crippen molar-refractivity contribution >= 4 is 20.7 Å². The maximum Gasteiger partial charge on any atom is 0.205 e. The van der Waals surface area contributed by atoms with E-state index in [4.69, 9.17) is 0 Å². The van der Waals surface area contributed by atoms with Gasteiger partial charge in [-0.3, -0.25) is 4.98 Å². The Kier molecular flexibility index (Phi) is 2.40. The Morgan fingerprint density at radius 1 is 1.27 bits per heavy atom. The van der Waals surface area contributed by atoms with Crippen LogP contribution in [-0.2, 0) is 0 Å². The number of hydrogen-bond donors (Lipinski definition) is 1. The van der Waals surface area contributed by atoms with E-state index in [1.807, 2.05) is 12.4 Å². The van der Waals surface area contributed by atoms with E-state index in [1.54, 1.807) is 0 Å². The predicted molar refractivity (Wildman–Crippen MR) is 65.0 cm³/mol. The fourth-order valence-corrected chi connectivity index (χ4v) is 4.00. The number of nitrogens with zero attached hydrogens (tertiary/aromatic N) is 2. The Labute approximate surface area is 91.8 Å². The molecule has 3 nitrogen and oxygen atoms in total. The van der Waals surface area contributed by atoms with Gasteiger partial charge in [0.2, 0.25) is 4.70 Å². The molecule has 3 rings (SSSR count). The molecule has 2 aromatic heterocycles. The molecule has 78 valence electrons. The van der Waals surface area contributed by atoms with Crippen molar-refractivity contribution in [1.29, 1.82) is 0 Å². The maximum atomic E-state index is 4.16. The molecule has 1 aliphatic rings. The number of fused-ring (bicyclic) bond motifs is 1. The Balaban J connectivity index is 2.02. The van der Waals surface area contributed by atoms with Gasteiger partial charge < -0.3 is 5.32 Å². The van der Waals surface area contributed by atoms with Gasteiger partial charge in [0.1, 0.15) is 0 Å². The molecule has 1 saturated heterocycles. The highest BCUT2D eigenvalue weighted by Gasteiger charge is 2.23. The van der Waals surface area contributed by atoms with Crippen LogP contribution in [0.5, 0.6) is 0 Å². The second-order valence-corrected chi connectivity index (χ2v) is 5.57. The van der Waals surface area contributed by atoms with Crippen LogP contribution in [-0.4, -0.2) is 31.2 Å². The molecule has 0 spiro atoms. The largest absolute Gasteiger partial charge is 0.314 e. The minimum absolute atomic E-state index is 0.184. The highest BCUT2D eigenvalue weighted by Crippen LogP contribution is 2.32. The fraction of sp³-hybridized carbons (Fsp3) is 0.364. The van der Waals surface area contributed by atoms with Crippen LogP contribution in [0.15, 0.2) is 29.9 Å². The zero-order chi connectivity index (χ0) is 10.1. The summed E-state index contributed by atoms with van der Waals surface area (Å²) in [5.74, 6) is 0. The standard InChI is InChI=1S/C11H14N3S/c1-3-13-9-10-2-8-15(11(1)10)14-6-4-12-5-7-14/h1-3,8-9,12H,4-7H2/q+1. The average molecular weight is 220 g/mol. The van der Waals surface area contributed by atoms with Crippen LogP contribution in [0.4, 0.5) is 0 Å². The van der Waals surface area contributed by atoms with E-state index in [0.717, 1.165) is 26.2 Å². The van der Waals surface area contributed by atoms with E-state index in [9.17, 15) is 0 Å². The van der Waals surface area contributed by atoms with Gasteiger partial charge in [0.05, 0.1) is 29.1 Å². The number of thiophene rings is 1. The second kappa shape index (κ2) is 3.89. The van der Waals surface area contributed by atoms with Crippen LogP contribution in [0, 0.1) is 0 Å². The number of pyridine rings is 1. The van der Waals surface area contributed by atoms with Crippen molar-refractivity contribution in [1.82, 2.24) is 10.3 Å². The summed E-state index contributed by atoms with van der Waals surface area (Å²) < 4.78 is 3.99. The molecule has 15 heavy (non-hydrogen) atoms. The molecular weight excluding hydrogens is 206 g/mol. The van der Waals surface area contributed by atoms with Crippen LogP contribution >= 0.6 is 10.7 Å². The van der Waals surface area contributed by atoms with Gasteiger partial charge in [-0.15, -0.1) is 4.31 Å². The lowest BCUT2D eigenvalue weighted by Gasteiger charge is -2.19. The van der Waals surface area contributed by atoms with Gasteiger partial charge >= 0.3 is 0 Å². The van der Waals surface area contributed by atoms with Gasteiger partial charge in [-0.25, -0.2) is 0 Å². The smallest absolute Gasteiger partial charge is 0.205 e. The van der Waals surface area contributed by atoms with Crippen LogP contribution < -0.4 is 9.62 Å². The van der Waals surface area contributed by atoms with E-state index >= 15 is 0 Å². The topological polar surface area (TPSA) is 28.2 Å². The summed E-state index contributed by atoms with van der Waals surface area (Å²) in [6.07, 6.45) is 3.86. The molecular formula is C11H14N3S+. The van der Waals surface area contributed by atoms with Crippen LogP contribution in [0.25, 0.3) is 10.1 Å². The van der Waals surface area contributed by atoms with Crippen molar-refractivity contribution < 1.29 is 0 Å². The molecule has 0 amide bonds. The third-order valence-corrected chi connectivity index (χ3v) is 4.90. The lowest BCUT2D eigenvalue weighted by Crippen LogP contribution is -2.42. The van der Waals surface area contributed by atoms with Crippen LogP contribution in [0.1, 0.15) is 0 Å². The van der Waals surface area contributed by atoms with Gasteiger partial charge in [-0.05, 0) is 0 Å². The molecule has 3 heterocycles. The highest BCUT2D eigenvalue weighted by atomic mass is 32.2. The summed E-state index contributed by atoms with van der Waals surface area (Å²) in [4.78, 5) is 4.16. The van der Waals surface area contributed by atoms with E-state index in [1.165, 1.54) is 10.1 Å². The number of aromatic nitrogens is 1. The first-order chi connectivity index (χ1) is 7.45. The molecule has 1 aliphatic heterocycles. The monoisotopic (exact) mass is 220 g/mol. The second-order valence-electron chi connectivity index (χ2n) is 3.71. The fourth-order valence-electron chi connectivity index (χ4n) is 1.99. The van der Waals surface area contributed by atoms with Gasteiger partial charge in [0.15, 0.2) is 5.38 Å². The molecule has 0 radical (unpaired) electrons. The van der Waals surface area contributed by atoms with E-state index in [2.05, 4.69) is 32.1 Å². The van der Waals surface area contributed by atoms with Crippen molar-refractivity contribution in [3.05, 3.63) is 29.9 Å². The lowest BCUT2D eigenvalue weighted by atomic mass is 10.4. The zero-order valence-corrected chi connectivity index (χ0v) is 9.33. The van der Waals surface area contributed by atoms with Crippen molar-refractivity contribution in [3.8, 4) is 0 Å². The quantitative estimate of drug-likeness (QED) is 0.739. The summed E-state index contributed by atoms with van der Waals surface area (Å²) in [7, 11) is 0.184. The summed E-state index contributed by atoms with van der Waals surface area (Å²) in [5.41, 5.74) is 0. The third-order valence-electron chi connectivity index (χ3n) is 2.77. The number of piperazine rings is 1. The Morgan fingerprint density at radius 2 is 2.13 bits per heavy atom. The Bertz CT molecular complexity index is 460. The zero-order valence-electron chi connectivity index (χ0n) is 8.52. The SMILES string of the molecule is c1cc2c(cc[s+]2N2CCNCC2)cn1. The molecule has 0 saturated carbocycles. The van der Waals surface area contributed by atoms with E-state index in [-0.39, 0.29) is 10.7 Å². The van der Waals surface area contributed by atoms with Gasteiger partial charge in [-0.1, -0.05) is 0 Å². The number of nitrogens with one attached hydrogen (secondary N) is 1. The van der Waals surface area contributed by atoms with Crippen LogP contribution in [0.2, 0.25) is 0 Å². The lowest BCUT2D eigenvalue weighted by molar-refractivity contribution is 0.611. The highest BCUT2D eigenvalue weighted by molar-refractivity contribution is 7.37. The molecule has 0 aliphatic carbocycles. The average Bonchev–Trinajstić information content (AvgIpc) is 2.74. The molecule has 0 bridgehead atoms. The molecule has 2 aromatic rings. The minimum atomic E-state index is 0.184. The van der Waals surface area contributed by atoms with E-state index < -0.39 is 0 Å². The number of rotatable bonds is 1. The summed E-state index contributed by atoms with van der Waals surface area (Å²) in [6.45, 7) is 4.51. The summed E-state index contributed by atoms with van der Waals surface area (Å²) >= 11 is 0. The van der Waals surface area contributed by atoms with Gasteiger partial charge in [0, 0.05) is 37.6 Å². The van der Waals surface area contributed by atoms with E-state index in [0.29, 0.717) is 0 Å². The molecule has 1 fully saturated rings. The van der Waals surface area contributed by atoms with Crippen molar-refractivity contribution in [3.63, 3.8) is 0 Å². The molecule has 1 N–H and O–H groups in total. The first kappa shape index (κ1) is 9.27. The van der Waals surface area contributed by atoms with Crippen molar-refractivity contribution in [2.45, 2.75) is 0 Å². The predicted octanol–water partition coefficient (Wildman–Crippen LogP) is 1.53. The summed E-state index contributed by atoms with van der Waals surface area (Å²) in [5, 5.41) is 7.00. The maximum absolute atomic E-state index is 4.16. The van der Waals surface area contributed by atoms with Gasteiger partial charge in [-0.2, -0.15) is 0 Å². The molecule has 1 unspecified atom stereocenters. The normalized spacial score (nSPS) is 19.6. The van der Waals surface area contributed by atoms with Crippen molar-refractivity contribution in [2.24, 2.45) is 0 Å². The molecule has 0 aromatic carbocycles. The van der Waals surface area contributed by atoms with Gasteiger partial charge in [0.25, 0.3) is 0 Å². The minimum Gasteiger partial charge on any atom is -0.314 e. The Morgan fingerprint density at radius 3 is 3.00 bits per heavy atom. The first-order valence-corrected chi connectivity index (χ1v) is 6.51. The third kappa shape index (κ3) is 1.65. The van der Waals surface area contributed by atoms with Crippen LogP contribution in [0.3, 0.4) is 0 Å². The molecule has 1 atom stereocenters. The van der Waals surface area contributed by atoms with Crippen molar-refractivity contribution in [2.75, 3.05) is 30.5 Å². The summed E-state index contributed by atoms with van der Waals surface area (Å²) in [6, 6.07) is 4.36.